The summed E-state index contributed by atoms with van der Waals surface area (Å²) in [7, 11) is 0. The summed E-state index contributed by atoms with van der Waals surface area (Å²) in [6.45, 7) is 0. The second-order valence-corrected chi connectivity index (χ2v) is 3.94. The number of nitrogens with zero attached hydrogens (tertiary/aromatic N) is 2. The van der Waals surface area contributed by atoms with E-state index in [9.17, 15) is 25.0 Å². The van der Waals surface area contributed by atoms with E-state index in [1.54, 1.807) is 0 Å². The number of rotatable bonds is 6. The van der Waals surface area contributed by atoms with Gasteiger partial charge in [-0.1, -0.05) is 0 Å². The molecule has 9 heteroatoms. The molecule has 0 unspecified atom stereocenters. The topological polar surface area (TPSA) is 130 Å². The summed E-state index contributed by atoms with van der Waals surface area (Å²) in [5.41, 5.74) is 0. The molecule has 2 aromatic heterocycles. The molecule has 0 aliphatic rings. The van der Waals surface area contributed by atoms with E-state index >= 15 is 0 Å². The number of carbonyl (C=O) groups is 1. The van der Waals surface area contributed by atoms with Gasteiger partial charge in [-0.3, -0.25) is 25.0 Å². The minimum absolute atomic E-state index is 0.155. The minimum atomic E-state index is -0.692. The summed E-state index contributed by atoms with van der Waals surface area (Å²) in [4.78, 5) is 31.0. The van der Waals surface area contributed by atoms with Crippen molar-refractivity contribution in [2.24, 2.45) is 0 Å². The zero-order valence-corrected chi connectivity index (χ0v) is 10.9. The maximum Gasteiger partial charge on any atom is 0.433 e. The molecule has 0 bridgehead atoms. The smallest absolute Gasteiger partial charge is 0.401 e. The van der Waals surface area contributed by atoms with Gasteiger partial charge in [-0.15, -0.1) is 0 Å². The number of carbonyl (C=O) groups excluding carboxylic acids is 1. The van der Waals surface area contributed by atoms with Gasteiger partial charge in [0.2, 0.25) is 0 Å². The van der Waals surface area contributed by atoms with Crippen molar-refractivity contribution in [1.82, 2.24) is 0 Å². The fraction of sp³-hybridized carbons (Fsp3) is 0. The monoisotopic (exact) mass is 304 g/mol. The Labute approximate surface area is 122 Å². The molecule has 0 spiro atoms. The summed E-state index contributed by atoms with van der Waals surface area (Å²) in [5.74, 6) is -0.988. The average molecular weight is 304 g/mol. The second kappa shape index (κ2) is 6.31. The summed E-state index contributed by atoms with van der Waals surface area (Å²) >= 11 is 0. The van der Waals surface area contributed by atoms with Crippen molar-refractivity contribution in [1.29, 1.82) is 0 Å². The normalized spacial score (nSPS) is 11.3. The second-order valence-electron chi connectivity index (χ2n) is 3.94. The number of hydrogen-bond acceptors (Lipinski definition) is 7. The van der Waals surface area contributed by atoms with E-state index in [0.29, 0.717) is 0 Å². The van der Waals surface area contributed by atoms with Crippen LogP contribution in [0.5, 0.6) is 0 Å². The van der Waals surface area contributed by atoms with Gasteiger partial charge in [0.1, 0.15) is 21.4 Å². The van der Waals surface area contributed by atoms with E-state index in [-0.39, 0.29) is 11.5 Å². The Balaban J connectivity index is 1.98. The van der Waals surface area contributed by atoms with Crippen LogP contribution in [0.4, 0.5) is 11.8 Å². The summed E-state index contributed by atoms with van der Waals surface area (Å²) in [6.07, 6.45) is 4.81. The maximum atomic E-state index is 11.5. The van der Waals surface area contributed by atoms with Crippen LogP contribution in [0.25, 0.3) is 12.2 Å². The van der Waals surface area contributed by atoms with Gasteiger partial charge in [0.25, 0.3) is 0 Å². The van der Waals surface area contributed by atoms with Crippen molar-refractivity contribution in [2.75, 3.05) is 0 Å². The quantitative estimate of drug-likeness (QED) is 0.455. The predicted molar refractivity (Wildman–Crippen MR) is 73.8 cm³/mol. The number of nitro groups is 2. The molecular formula is C13H8N2O7. The minimum Gasteiger partial charge on any atom is -0.401 e. The molecule has 2 aromatic rings. The van der Waals surface area contributed by atoms with Crippen LogP contribution in [0.15, 0.2) is 45.3 Å². The molecule has 9 nitrogen and oxygen atoms in total. The summed E-state index contributed by atoms with van der Waals surface area (Å²) < 4.78 is 9.66. The molecule has 0 fully saturated rings. The Hall–Kier alpha value is -3.49. The highest BCUT2D eigenvalue weighted by Crippen LogP contribution is 2.18. The van der Waals surface area contributed by atoms with Gasteiger partial charge >= 0.3 is 11.8 Å². The van der Waals surface area contributed by atoms with Gasteiger partial charge in [0, 0.05) is 0 Å². The molecule has 0 amide bonds. The first-order valence-corrected chi connectivity index (χ1v) is 5.84. The van der Waals surface area contributed by atoms with Gasteiger partial charge < -0.3 is 8.83 Å². The van der Waals surface area contributed by atoms with Crippen molar-refractivity contribution < 1.29 is 23.5 Å². The van der Waals surface area contributed by atoms with Crippen molar-refractivity contribution in [3.63, 3.8) is 0 Å². The molecule has 0 aliphatic carbocycles. The highest BCUT2D eigenvalue weighted by molar-refractivity contribution is 6.04. The Bertz CT molecular complexity index is 718. The van der Waals surface area contributed by atoms with E-state index in [4.69, 9.17) is 8.83 Å². The highest BCUT2D eigenvalue weighted by atomic mass is 16.7. The lowest BCUT2D eigenvalue weighted by atomic mass is 10.3. The van der Waals surface area contributed by atoms with E-state index in [1.807, 2.05) is 0 Å². The fourth-order valence-corrected chi connectivity index (χ4v) is 1.44. The van der Waals surface area contributed by atoms with Crippen LogP contribution < -0.4 is 0 Å². The first-order chi connectivity index (χ1) is 10.5. The maximum absolute atomic E-state index is 11.5. The fourth-order valence-electron chi connectivity index (χ4n) is 1.44. The Morgan fingerprint density at radius 3 is 1.59 bits per heavy atom. The predicted octanol–water partition coefficient (Wildman–Crippen LogP) is 2.98. The van der Waals surface area contributed by atoms with Crippen LogP contribution in [0, 0.1) is 20.2 Å². The van der Waals surface area contributed by atoms with Crippen LogP contribution in [0.3, 0.4) is 0 Å². The number of ketones is 1. The lowest BCUT2D eigenvalue weighted by Crippen LogP contribution is -1.84. The molecule has 0 aromatic carbocycles. The van der Waals surface area contributed by atoms with Crippen molar-refractivity contribution in [3.8, 4) is 0 Å². The largest absolute Gasteiger partial charge is 0.433 e. The molecule has 0 aliphatic heterocycles. The Morgan fingerprint density at radius 1 is 0.864 bits per heavy atom. The third kappa shape index (κ3) is 3.76. The molecule has 2 rings (SSSR count). The number of furan rings is 2. The highest BCUT2D eigenvalue weighted by Gasteiger charge is 2.11. The van der Waals surface area contributed by atoms with Gasteiger partial charge in [0.05, 0.1) is 12.1 Å². The van der Waals surface area contributed by atoms with Gasteiger partial charge in [-0.25, -0.2) is 0 Å². The summed E-state index contributed by atoms with van der Waals surface area (Å²) in [6, 6.07) is 5.03. The third-order valence-electron chi connectivity index (χ3n) is 2.41. The molecule has 0 atom stereocenters. The van der Waals surface area contributed by atoms with Gasteiger partial charge in [-0.05, 0) is 36.4 Å². The van der Waals surface area contributed by atoms with E-state index in [2.05, 4.69) is 0 Å². The first-order valence-electron chi connectivity index (χ1n) is 5.84. The molecule has 0 N–H and O–H groups in total. The van der Waals surface area contributed by atoms with Crippen LogP contribution in [-0.2, 0) is 4.79 Å². The zero-order chi connectivity index (χ0) is 16.1. The molecule has 0 saturated heterocycles. The van der Waals surface area contributed by atoms with Crippen molar-refractivity contribution >= 4 is 29.7 Å². The molecule has 112 valence electrons. The average Bonchev–Trinajstić information content (AvgIpc) is 3.12. The van der Waals surface area contributed by atoms with E-state index in [1.165, 1.54) is 36.4 Å². The lowest BCUT2D eigenvalue weighted by molar-refractivity contribution is -0.402. The zero-order valence-electron chi connectivity index (χ0n) is 10.9. The van der Waals surface area contributed by atoms with Gasteiger partial charge in [0.15, 0.2) is 5.78 Å². The van der Waals surface area contributed by atoms with Crippen LogP contribution in [0.1, 0.15) is 11.5 Å². The van der Waals surface area contributed by atoms with Crippen LogP contribution in [-0.4, -0.2) is 15.6 Å². The lowest BCUT2D eigenvalue weighted by Gasteiger charge is -1.85. The SMILES string of the molecule is O=C(C=Cc1ccc([N+](=O)[O-])o1)C=Cc1ccc([N+](=O)[O-])o1. The van der Waals surface area contributed by atoms with Crippen molar-refractivity contribution in [3.05, 3.63) is 68.2 Å². The number of hydrogen-bond donors (Lipinski definition) is 0. The van der Waals surface area contributed by atoms with Crippen molar-refractivity contribution in [2.45, 2.75) is 0 Å². The van der Waals surface area contributed by atoms with E-state index < -0.39 is 27.4 Å². The molecule has 0 saturated carbocycles. The van der Waals surface area contributed by atoms with Crippen LogP contribution in [0.2, 0.25) is 0 Å². The summed E-state index contributed by atoms with van der Waals surface area (Å²) in [5, 5.41) is 20.8. The first kappa shape index (κ1) is 14.9. The van der Waals surface area contributed by atoms with E-state index in [0.717, 1.165) is 12.2 Å². The molecule has 0 radical (unpaired) electrons. The Kier molecular flexibility index (Phi) is 4.27. The standard InChI is InChI=1S/C13H8N2O7/c16-9(1-3-10-5-7-12(21-10)14(17)18)2-4-11-6-8-13(22-11)15(19)20/h1-8H. The third-order valence-corrected chi connectivity index (χ3v) is 2.41. The molecular weight excluding hydrogens is 296 g/mol. The molecule has 2 heterocycles. The van der Waals surface area contributed by atoms with Gasteiger partial charge in [-0.2, -0.15) is 0 Å². The van der Waals surface area contributed by atoms with Crippen LogP contribution >= 0.6 is 0 Å². The Morgan fingerprint density at radius 2 is 1.27 bits per heavy atom. The number of allylic oxidation sites excluding steroid dienone is 2. The molecule has 22 heavy (non-hydrogen) atoms.